The molecule has 0 heterocycles. The molecule has 0 saturated carbocycles. The first kappa shape index (κ1) is 14.3. The second kappa shape index (κ2) is 7.61. The van der Waals surface area contributed by atoms with E-state index in [-0.39, 0.29) is 13.1 Å². The van der Waals surface area contributed by atoms with E-state index >= 15 is 0 Å². The second-order valence-corrected chi connectivity index (χ2v) is 2.96. The Morgan fingerprint density at radius 2 is 1.31 bits per heavy atom. The molecule has 0 bridgehead atoms. The van der Waals surface area contributed by atoms with Gasteiger partial charge in [-0.2, -0.15) is 0 Å². The van der Waals surface area contributed by atoms with Crippen LogP contribution >= 0.6 is 0 Å². The van der Waals surface area contributed by atoms with Crippen LogP contribution in [0.5, 0.6) is 0 Å². The van der Waals surface area contributed by atoms with Gasteiger partial charge in [0.15, 0.2) is 12.2 Å². The molecule has 0 aromatic rings. The Labute approximate surface area is 93.7 Å². The fourth-order valence-electron chi connectivity index (χ4n) is 0.841. The zero-order valence-electron chi connectivity index (χ0n) is 8.85. The van der Waals surface area contributed by atoms with Gasteiger partial charge in [-0.3, -0.25) is 9.59 Å². The van der Waals surface area contributed by atoms with Crippen LogP contribution in [0, 0.1) is 0 Å². The van der Waals surface area contributed by atoms with Gasteiger partial charge in [-0.25, -0.2) is 0 Å². The van der Waals surface area contributed by atoms with Crippen LogP contribution in [0.2, 0.25) is 0 Å². The standard InChI is InChI=1S/C10H16N2O4/c1-3-5-11-9(15)7(13)8(14)10(16)12-6-4-2/h3-4,7-8,13-14H,1-2,5-6H2,(H,11,15)(H,12,16)/t7-,8-/m0/s1. The highest BCUT2D eigenvalue weighted by Crippen LogP contribution is 1.94. The van der Waals surface area contributed by atoms with Crippen LogP contribution in [0.25, 0.3) is 0 Å². The van der Waals surface area contributed by atoms with Gasteiger partial charge in [0.25, 0.3) is 11.8 Å². The summed E-state index contributed by atoms with van der Waals surface area (Å²) in [7, 11) is 0. The maximum absolute atomic E-state index is 11.2. The average molecular weight is 228 g/mol. The van der Waals surface area contributed by atoms with Gasteiger partial charge in [0.05, 0.1) is 0 Å². The first-order valence-corrected chi connectivity index (χ1v) is 4.68. The molecule has 0 spiro atoms. The average Bonchev–Trinajstić information content (AvgIpc) is 2.30. The Hall–Kier alpha value is -1.66. The number of aliphatic hydroxyl groups excluding tert-OH is 2. The molecule has 2 amide bonds. The van der Waals surface area contributed by atoms with E-state index in [9.17, 15) is 19.8 Å². The summed E-state index contributed by atoms with van der Waals surface area (Å²) in [5.41, 5.74) is 0. The zero-order chi connectivity index (χ0) is 12.6. The number of carbonyl (C=O) groups is 2. The van der Waals surface area contributed by atoms with Crippen LogP contribution in [-0.2, 0) is 9.59 Å². The van der Waals surface area contributed by atoms with Crippen LogP contribution in [-0.4, -0.2) is 47.3 Å². The van der Waals surface area contributed by atoms with Gasteiger partial charge in [0, 0.05) is 13.1 Å². The highest BCUT2D eigenvalue weighted by atomic mass is 16.3. The van der Waals surface area contributed by atoms with Crippen molar-refractivity contribution in [3.63, 3.8) is 0 Å². The lowest BCUT2D eigenvalue weighted by atomic mass is 10.2. The zero-order valence-corrected chi connectivity index (χ0v) is 8.85. The van der Waals surface area contributed by atoms with E-state index in [1.54, 1.807) is 0 Å². The van der Waals surface area contributed by atoms with E-state index in [0.717, 1.165) is 0 Å². The minimum atomic E-state index is -1.80. The Bertz CT molecular complexity index is 250. The van der Waals surface area contributed by atoms with Crippen molar-refractivity contribution in [2.45, 2.75) is 12.2 Å². The van der Waals surface area contributed by atoms with E-state index in [1.165, 1.54) is 12.2 Å². The number of hydrogen-bond donors (Lipinski definition) is 4. The van der Waals surface area contributed by atoms with Crippen molar-refractivity contribution in [3.05, 3.63) is 25.3 Å². The molecule has 0 aliphatic rings. The molecule has 6 nitrogen and oxygen atoms in total. The Morgan fingerprint density at radius 3 is 1.56 bits per heavy atom. The van der Waals surface area contributed by atoms with E-state index in [2.05, 4.69) is 23.8 Å². The largest absolute Gasteiger partial charge is 0.380 e. The molecule has 2 atom stereocenters. The summed E-state index contributed by atoms with van der Waals surface area (Å²) in [4.78, 5) is 22.3. The van der Waals surface area contributed by atoms with Crippen molar-refractivity contribution in [2.24, 2.45) is 0 Å². The quantitative estimate of drug-likeness (QED) is 0.391. The summed E-state index contributed by atoms with van der Waals surface area (Å²) in [6.07, 6.45) is -0.779. The molecule has 16 heavy (non-hydrogen) atoms. The maximum atomic E-state index is 11.2. The number of amides is 2. The molecule has 0 aliphatic carbocycles. The Morgan fingerprint density at radius 1 is 1.00 bits per heavy atom. The van der Waals surface area contributed by atoms with Crippen LogP contribution in [0.3, 0.4) is 0 Å². The molecule has 0 aliphatic heterocycles. The fourth-order valence-corrected chi connectivity index (χ4v) is 0.841. The molecular weight excluding hydrogens is 212 g/mol. The van der Waals surface area contributed by atoms with E-state index in [1.807, 2.05) is 0 Å². The molecule has 6 heteroatoms. The third-order valence-corrected chi connectivity index (χ3v) is 1.68. The van der Waals surface area contributed by atoms with Gasteiger partial charge in [-0.1, -0.05) is 12.2 Å². The number of rotatable bonds is 7. The second-order valence-electron chi connectivity index (χ2n) is 2.96. The summed E-state index contributed by atoms with van der Waals surface area (Å²) >= 11 is 0. The third kappa shape index (κ3) is 4.72. The van der Waals surface area contributed by atoms with Gasteiger partial charge in [0.1, 0.15) is 0 Å². The third-order valence-electron chi connectivity index (χ3n) is 1.68. The van der Waals surface area contributed by atoms with E-state index in [4.69, 9.17) is 0 Å². The van der Waals surface area contributed by atoms with Crippen LogP contribution in [0.15, 0.2) is 25.3 Å². The van der Waals surface area contributed by atoms with Crippen LogP contribution < -0.4 is 10.6 Å². The minimum Gasteiger partial charge on any atom is -0.380 e. The van der Waals surface area contributed by atoms with Crippen molar-refractivity contribution < 1.29 is 19.8 Å². The predicted octanol–water partition coefficient (Wildman–Crippen LogP) is -1.69. The molecule has 0 rings (SSSR count). The van der Waals surface area contributed by atoms with Gasteiger partial charge in [-0.05, 0) is 0 Å². The Kier molecular flexibility index (Phi) is 6.82. The molecule has 0 aromatic heterocycles. The van der Waals surface area contributed by atoms with Crippen molar-refractivity contribution in [3.8, 4) is 0 Å². The first-order valence-electron chi connectivity index (χ1n) is 4.68. The van der Waals surface area contributed by atoms with Crippen LogP contribution in [0.1, 0.15) is 0 Å². The van der Waals surface area contributed by atoms with E-state index < -0.39 is 24.0 Å². The lowest BCUT2D eigenvalue weighted by Gasteiger charge is -2.16. The van der Waals surface area contributed by atoms with Crippen molar-refractivity contribution >= 4 is 11.8 Å². The SMILES string of the molecule is C=CCNC(=O)[C@@H](O)[C@H](O)C(=O)NCC=C. The molecule has 0 radical (unpaired) electrons. The van der Waals surface area contributed by atoms with E-state index in [0.29, 0.717) is 0 Å². The molecule has 0 fully saturated rings. The molecular formula is C10H16N2O4. The molecule has 0 aromatic carbocycles. The summed E-state index contributed by atoms with van der Waals surface area (Å²) in [6, 6.07) is 0. The van der Waals surface area contributed by atoms with Crippen molar-refractivity contribution in [2.75, 3.05) is 13.1 Å². The van der Waals surface area contributed by atoms with Gasteiger partial charge < -0.3 is 20.8 Å². The van der Waals surface area contributed by atoms with Crippen LogP contribution in [0.4, 0.5) is 0 Å². The molecule has 4 N–H and O–H groups in total. The van der Waals surface area contributed by atoms with Gasteiger partial charge in [-0.15, -0.1) is 13.2 Å². The lowest BCUT2D eigenvalue weighted by molar-refractivity contribution is -0.145. The number of aliphatic hydroxyl groups is 2. The van der Waals surface area contributed by atoms with Crippen molar-refractivity contribution in [1.29, 1.82) is 0 Å². The van der Waals surface area contributed by atoms with Crippen molar-refractivity contribution in [1.82, 2.24) is 10.6 Å². The molecule has 90 valence electrons. The molecule has 0 saturated heterocycles. The lowest BCUT2D eigenvalue weighted by Crippen LogP contribution is -2.49. The normalized spacial score (nSPS) is 13.4. The topological polar surface area (TPSA) is 98.7 Å². The predicted molar refractivity (Wildman–Crippen MR) is 58.4 cm³/mol. The fraction of sp³-hybridized carbons (Fsp3) is 0.400. The number of nitrogens with one attached hydrogen (secondary N) is 2. The smallest absolute Gasteiger partial charge is 0.252 e. The van der Waals surface area contributed by atoms with Gasteiger partial charge in [0.2, 0.25) is 0 Å². The summed E-state index contributed by atoms with van der Waals surface area (Å²) < 4.78 is 0. The number of hydrogen-bond acceptors (Lipinski definition) is 4. The monoisotopic (exact) mass is 228 g/mol. The number of carbonyl (C=O) groups excluding carboxylic acids is 2. The molecule has 0 unspecified atom stereocenters. The Balaban J connectivity index is 4.19. The summed E-state index contributed by atoms with van der Waals surface area (Å²) in [6.45, 7) is 7.03. The maximum Gasteiger partial charge on any atom is 0.252 e. The van der Waals surface area contributed by atoms with Gasteiger partial charge >= 0.3 is 0 Å². The first-order chi connectivity index (χ1) is 7.54. The highest BCUT2D eigenvalue weighted by Gasteiger charge is 2.29. The summed E-state index contributed by atoms with van der Waals surface area (Å²) in [5, 5.41) is 23.1. The highest BCUT2D eigenvalue weighted by molar-refractivity contribution is 5.90. The minimum absolute atomic E-state index is 0.150. The summed E-state index contributed by atoms with van der Waals surface area (Å²) in [5.74, 6) is -1.66.